The lowest BCUT2D eigenvalue weighted by Gasteiger charge is -2.34. The predicted molar refractivity (Wildman–Crippen MR) is 142 cm³/mol. The third kappa shape index (κ3) is 4.80. The minimum Gasteiger partial charge on any atom is -0.497 e. The molecule has 2 aliphatic rings. The Balaban J connectivity index is 1.54. The van der Waals surface area contributed by atoms with Crippen LogP contribution < -0.4 is 31.2 Å². The molecule has 188 valence electrons. The van der Waals surface area contributed by atoms with E-state index in [0.29, 0.717) is 17.1 Å². The monoisotopic (exact) mass is 487 g/mol. The number of hydrogen-bond donors (Lipinski definition) is 4. The summed E-state index contributed by atoms with van der Waals surface area (Å²) in [5.41, 5.74) is 13.0. The van der Waals surface area contributed by atoms with Crippen LogP contribution in [0.2, 0.25) is 0 Å². The highest BCUT2D eigenvalue weighted by Crippen LogP contribution is 2.32. The van der Waals surface area contributed by atoms with Gasteiger partial charge in [-0.2, -0.15) is 5.10 Å². The van der Waals surface area contributed by atoms with Gasteiger partial charge in [-0.25, -0.2) is 4.99 Å². The van der Waals surface area contributed by atoms with Gasteiger partial charge in [-0.1, -0.05) is 13.0 Å². The first-order chi connectivity index (χ1) is 17.5. The maximum absolute atomic E-state index is 6.85. The van der Waals surface area contributed by atoms with E-state index in [0.717, 1.165) is 55.1 Å². The van der Waals surface area contributed by atoms with Gasteiger partial charge in [-0.15, -0.1) is 0 Å². The van der Waals surface area contributed by atoms with Gasteiger partial charge in [-0.3, -0.25) is 10.4 Å². The number of aromatic nitrogens is 2. The topological polar surface area (TPSA) is 111 Å². The van der Waals surface area contributed by atoms with E-state index in [2.05, 4.69) is 46.2 Å². The average molecular weight is 488 g/mol. The molecule has 3 heterocycles. The molecule has 0 saturated heterocycles. The first kappa shape index (κ1) is 23.9. The molecule has 0 bridgehead atoms. The van der Waals surface area contributed by atoms with E-state index in [4.69, 9.17) is 20.2 Å². The van der Waals surface area contributed by atoms with Crippen molar-refractivity contribution in [3.63, 3.8) is 0 Å². The van der Waals surface area contributed by atoms with Crippen molar-refractivity contribution in [2.24, 2.45) is 10.7 Å². The summed E-state index contributed by atoms with van der Waals surface area (Å²) in [7, 11) is 3.23. The lowest BCUT2D eigenvalue weighted by Crippen LogP contribution is -2.51. The molecule has 0 saturated carbocycles. The molecule has 9 nitrogen and oxygen atoms in total. The Morgan fingerprint density at radius 3 is 2.67 bits per heavy atom. The number of fused-ring (bicyclic) bond motifs is 1. The number of nitrogens with two attached hydrogens (primary N) is 1. The number of nitrogens with one attached hydrogen (secondary N) is 3. The van der Waals surface area contributed by atoms with Crippen molar-refractivity contribution in [2.45, 2.75) is 38.6 Å². The van der Waals surface area contributed by atoms with Gasteiger partial charge in [-0.05, 0) is 54.8 Å². The molecule has 9 heteroatoms. The van der Waals surface area contributed by atoms with Crippen molar-refractivity contribution in [1.29, 1.82) is 0 Å². The van der Waals surface area contributed by atoms with Crippen molar-refractivity contribution in [3.05, 3.63) is 76.9 Å². The summed E-state index contributed by atoms with van der Waals surface area (Å²) in [6, 6.07) is 12.0. The standard InChI is InChI=1S/C27H33N7O2/c1-4-9-34-17-20(15-31-34)25-16-30-27(28,21-11-23(35-2)13-24(12-21)36-3)33-26(25)32-22-6-5-18-7-8-29-14-19(18)10-22/h5-6,10-13,15-17,29,32-33H,4,7-9,14,28H2,1-3H3. The molecule has 36 heavy (non-hydrogen) atoms. The summed E-state index contributed by atoms with van der Waals surface area (Å²) >= 11 is 0. The SMILES string of the molecule is CCCn1cc(C2=C(Nc3ccc4c(c3)CNCC4)NC(N)(c3cc(OC)cc(OC)c3)N=C2)cn1. The van der Waals surface area contributed by atoms with Crippen molar-refractivity contribution < 1.29 is 9.47 Å². The van der Waals surface area contributed by atoms with Crippen molar-refractivity contribution in [2.75, 3.05) is 26.1 Å². The van der Waals surface area contributed by atoms with Crippen molar-refractivity contribution >= 4 is 17.5 Å². The van der Waals surface area contributed by atoms with E-state index in [9.17, 15) is 0 Å². The Kier molecular flexibility index (Phi) is 6.67. The largest absolute Gasteiger partial charge is 0.497 e. The normalized spacial score (nSPS) is 19.0. The Labute approximate surface area is 211 Å². The number of methoxy groups -OCH3 is 2. The number of nitrogens with zero attached hydrogens (tertiary/aromatic N) is 3. The highest BCUT2D eigenvalue weighted by Gasteiger charge is 2.33. The highest BCUT2D eigenvalue weighted by molar-refractivity contribution is 6.12. The van der Waals surface area contributed by atoms with Gasteiger partial charge in [0, 0.05) is 54.0 Å². The molecule has 0 aliphatic carbocycles. The minimum atomic E-state index is -1.23. The lowest BCUT2D eigenvalue weighted by atomic mass is 10.00. The number of aryl methyl sites for hydroxylation is 1. The number of ether oxygens (including phenoxy) is 2. The molecule has 5 rings (SSSR count). The van der Waals surface area contributed by atoms with Crippen LogP contribution in [0.4, 0.5) is 5.69 Å². The average Bonchev–Trinajstić information content (AvgIpc) is 3.37. The molecule has 2 aliphatic heterocycles. The van der Waals surface area contributed by atoms with Crippen LogP contribution in [-0.2, 0) is 25.3 Å². The molecule has 0 radical (unpaired) electrons. The molecule has 5 N–H and O–H groups in total. The molecule has 0 amide bonds. The molecule has 1 aromatic heterocycles. The second kappa shape index (κ2) is 10.0. The fourth-order valence-electron chi connectivity index (χ4n) is 4.57. The zero-order chi connectivity index (χ0) is 25.1. The quantitative estimate of drug-likeness (QED) is 0.386. The van der Waals surface area contributed by atoms with Crippen LogP contribution in [0, 0.1) is 0 Å². The van der Waals surface area contributed by atoms with Gasteiger partial charge >= 0.3 is 0 Å². The molecular formula is C27H33N7O2. The number of hydrogen-bond acceptors (Lipinski definition) is 8. The van der Waals surface area contributed by atoms with E-state index < -0.39 is 5.79 Å². The molecule has 3 aromatic rings. The number of rotatable bonds is 8. The Bertz CT molecular complexity index is 1290. The van der Waals surface area contributed by atoms with E-state index >= 15 is 0 Å². The van der Waals surface area contributed by atoms with Crippen LogP contribution in [0.1, 0.15) is 35.6 Å². The van der Waals surface area contributed by atoms with Crippen LogP contribution in [-0.4, -0.2) is 36.8 Å². The maximum Gasteiger partial charge on any atom is 0.210 e. The first-order valence-electron chi connectivity index (χ1n) is 12.2. The second-order valence-electron chi connectivity index (χ2n) is 9.07. The summed E-state index contributed by atoms with van der Waals surface area (Å²) < 4.78 is 12.9. The van der Waals surface area contributed by atoms with Crippen LogP contribution in [0.3, 0.4) is 0 Å². The first-order valence-corrected chi connectivity index (χ1v) is 12.2. The van der Waals surface area contributed by atoms with Gasteiger partial charge in [0.2, 0.25) is 5.79 Å². The molecular weight excluding hydrogens is 454 g/mol. The fraction of sp³-hybridized carbons (Fsp3) is 0.333. The lowest BCUT2D eigenvalue weighted by molar-refractivity contribution is 0.373. The predicted octanol–water partition coefficient (Wildman–Crippen LogP) is 3.18. The summed E-state index contributed by atoms with van der Waals surface area (Å²) in [5, 5.41) is 15.0. The Hall–Kier alpha value is -3.82. The van der Waals surface area contributed by atoms with Crippen LogP contribution in [0.5, 0.6) is 11.5 Å². The molecule has 0 spiro atoms. The molecule has 1 atom stereocenters. The van der Waals surface area contributed by atoms with Crippen LogP contribution in [0.15, 0.2) is 59.6 Å². The Morgan fingerprint density at radius 1 is 1.11 bits per heavy atom. The third-order valence-electron chi connectivity index (χ3n) is 6.53. The van der Waals surface area contributed by atoms with Crippen LogP contribution in [0.25, 0.3) is 5.57 Å². The third-order valence-corrected chi connectivity index (χ3v) is 6.53. The van der Waals surface area contributed by atoms with Crippen LogP contribution >= 0.6 is 0 Å². The molecule has 2 aromatic carbocycles. The van der Waals surface area contributed by atoms with Gasteiger partial charge in [0.25, 0.3) is 0 Å². The number of aliphatic imine (C=N–C) groups is 1. The van der Waals surface area contributed by atoms with Gasteiger partial charge in [0.05, 0.1) is 20.4 Å². The summed E-state index contributed by atoms with van der Waals surface area (Å²) in [6.45, 7) is 4.85. The number of benzene rings is 2. The Morgan fingerprint density at radius 2 is 1.92 bits per heavy atom. The van der Waals surface area contributed by atoms with E-state index in [-0.39, 0.29) is 0 Å². The van der Waals surface area contributed by atoms with Crippen molar-refractivity contribution in [1.82, 2.24) is 20.4 Å². The second-order valence-corrected chi connectivity index (χ2v) is 9.07. The van der Waals surface area contributed by atoms with Crippen molar-refractivity contribution in [3.8, 4) is 11.5 Å². The van der Waals surface area contributed by atoms with Gasteiger partial charge in [0.1, 0.15) is 17.3 Å². The van der Waals surface area contributed by atoms with Gasteiger partial charge < -0.3 is 25.4 Å². The zero-order valence-corrected chi connectivity index (χ0v) is 21.0. The minimum absolute atomic E-state index is 0.637. The van der Waals surface area contributed by atoms with E-state index in [1.54, 1.807) is 20.4 Å². The number of allylic oxidation sites excluding steroid dienone is 1. The summed E-state index contributed by atoms with van der Waals surface area (Å²) in [5.74, 6) is 0.786. The number of anilines is 1. The highest BCUT2D eigenvalue weighted by atomic mass is 16.5. The summed E-state index contributed by atoms with van der Waals surface area (Å²) in [4.78, 5) is 4.74. The fourth-order valence-corrected chi connectivity index (χ4v) is 4.57. The van der Waals surface area contributed by atoms with Gasteiger partial charge in [0.15, 0.2) is 0 Å². The maximum atomic E-state index is 6.85. The zero-order valence-electron chi connectivity index (χ0n) is 21.0. The van der Waals surface area contributed by atoms with E-state index in [1.807, 2.05) is 35.3 Å². The van der Waals surface area contributed by atoms with E-state index in [1.165, 1.54) is 11.1 Å². The smallest absolute Gasteiger partial charge is 0.210 e. The molecule has 0 fully saturated rings. The molecule has 1 unspecified atom stereocenters. The summed E-state index contributed by atoms with van der Waals surface area (Å²) in [6.07, 6.45) is 7.73.